The molecule has 1 fully saturated rings. The van der Waals surface area contributed by atoms with Crippen LogP contribution in [0.4, 0.5) is 0 Å². The van der Waals surface area contributed by atoms with Crippen LogP contribution in [0.15, 0.2) is 18.5 Å². The normalized spacial score (nSPS) is 25.5. The van der Waals surface area contributed by atoms with E-state index in [-0.39, 0.29) is 0 Å². The fourth-order valence-corrected chi connectivity index (χ4v) is 2.09. The van der Waals surface area contributed by atoms with E-state index in [9.17, 15) is 0 Å². The molecular formula is C11H13N3. The van der Waals surface area contributed by atoms with E-state index in [2.05, 4.69) is 21.9 Å². The molecule has 0 aliphatic heterocycles. The number of nitrogens with one attached hydrogen (secondary N) is 1. The van der Waals surface area contributed by atoms with Crippen LogP contribution in [0.2, 0.25) is 0 Å². The molecule has 0 aromatic carbocycles. The maximum absolute atomic E-state index is 4.58. The lowest BCUT2D eigenvalue weighted by molar-refractivity contribution is 0.749. The second-order valence-electron chi connectivity index (χ2n) is 4.03. The summed E-state index contributed by atoms with van der Waals surface area (Å²) in [5.74, 6) is 2.68. The number of pyridine rings is 1. The lowest BCUT2D eigenvalue weighted by Crippen LogP contribution is -1.84. The predicted octanol–water partition coefficient (Wildman–Crippen LogP) is 2.47. The maximum Gasteiger partial charge on any atom is 0.110 e. The lowest BCUT2D eigenvalue weighted by Gasteiger charge is -1.90. The summed E-state index contributed by atoms with van der Waals surface area (Å²) in [5, 5.41) is 0. The fourth-order valence-electron chi connectivity index (χ4n) is 2.09. The van der Waals surface area contributed by atoms with Crippen LogP contribution < -0.4 is 0 Å². The van der Waals surface area contributed by atoms with Crippen molar-refractivity contribution < 1.29 is 0 Å². The summed E-state index contributed by atoms with van der Waals surface area (Å²) in [4.78, 5) is 12.0. The summed E-state index contributed by atoms with van der Waals surface area (Å²) in [6, 6.07) is 1.96. The Kier molecular flexibility index (Phi) is 1.60. The highest BCUT2D eigenvalue weighted by atomic mass is 14.9. The van der Waals surface area contributed by atoms with E-state index in [4.69, 9.17) is 0 Å². The van der Waals surface area contributed by atoms with Crippen LogP contribution in [-0.4, -0.2) is 15.0 Å². The van der Waals surface area contributed by atoms with E-state index in [0.29, 0.717) is 5.92 Å². The van der Waals surface area contributed by atoms with Crippen molar-refractivity contribution in [1.29, 1.82) is 0 Å². The molecule has 0 bridgehead atoms. The summed E-state index contributed by atoms with van der Waals surface area (Å²) in [6.45, 7) is 2.24. The molecule has 2 aromatic rings. The molecule has 3 nitrogen and oxygen atoms in total. The molecule has 1 N–H and O–H groups in total. The Morgan fingerprint density at radius 2 is 2.50 bits per heavy atom. The summed E-state index contributed by atoms with van der Waals surface area (Å²) in [5.41, 5.74) is 2.10. The number of fused-ring (bicyclic) bond motifs is 1. The monoisotopic (exact) mass is 187 g/mol. The van der Waals surface area contributed by atoms with Crippen LogP contribution in [0.5, 0.6) is 0 Å². The minimum absolute atomic E-state index is 0.674. The van der Waals surface area contributed by atoms with Gasteiger partial charge in [-0.25, -0.2) is 4.98 Å². The predicted molar refractivity (Wildman–Crippen MR) is 55.0 cm³/mol. The Hall–Kier alpha value is -1.38. The van der Waals surface area contributed by atoms with Gasteiger partial charge in [-0.1, -0.05) is 13.3 Å². The zero-order chi connectivity index (χ0) is 9.54. The van der Waals surface area contributed by atoms with Gasteiger partial charge in [-0.15, -0.1) is 0 Å². The van der Waals surface area contributed by atoms with Gasteiger partial charge in [0.1, 0.15) is 5.82 Å². The van der Waals surface area contributed by atoms with Crippen LogP contribution in [0.25, 0.3) is 11.0 Å². The van der Waals surface area contributed by atoms with Gasteiger partial charge in [0.25, 0.3) is 0 Å². The van der Waals surface area contributed by atoms with Crippen LogP contribution >= 0.6 is 0 Å². The highest BCUT2D eigenvalue weighted by Gasteiger charge is 2.38. The van der Waals surface area contributed by atoms with Crippen molar-refractivity contribution >= 4 is 11.0 Å². The third kappa shape index (κ3) is 1.12. The second-order valence-corrected chi connectivity index (χ2v) is 4.03. The van der Waals surface area contributed by atoms with Crippen molar-refractivity contribution in [2.24, 2.45) is 5.92 Å². The summed E-state index contributed by atoms with van der Waals surface area (Å²) in [6.07, 6.45) is 6.19. The summed E-state index contributed by atoms with van der Waals surface area (Å²) >= 11 is 0. The molecule has 2 atom stereocenters. The molecule has 0 saturated heterocycles. The highest BCUT2D eigenvalue weighted by Crippen LogP contribution is 2.48. The van der Waals surface area contributed by atoms with Crippen LogP contribution in [0.3, 0.4) is 0 Å². The molecule has 1 saturated carbocycles. The van der Waals surface area contributed by atoms with E-state index >= 15 is 0 Å². The summed E-state index contributed by atoms with van der Waals surface area (Å²) in [7, 11) is 0. The highest BCUT2D eigenvalue weighted by molar-refractivity contribution is 5.73. The van der Waals surface area contributed by atoms with Gasteiger partial charge in [0, 0.05) is 12.1 Å². The number of hydrogen-bond acceptors (Lipinski definition) is 2. The Bertz CT molecular complexity index is 427. The SMILES string of the molecule is CC[C@@H]1C[C@H]1c1nc2ccncc2[nH]1. The minimum atomic E-state index is 0.674. The van der Waals surface area contributed by atoms with Crippen LogP contribution in [0.1, 0.15) is 31.5 Å². The first-order valence-electron chi connectivity index (χ1n) is 5.18. The molecule has 14 heavy (non-hydrogen) atoms. The van der Waals surface area contributed by atoms with Gasteiger partial charge in [0.2, 0.25) is 0 Å². The molecule has 3 rings (SSSR count). The number of aromatic nitrogens is 3. The third-order valence-electron chi connectivity index (χ3n) is 3.10. The van der Waals surface area contributed by atoms with Gasteiger partial charge < -0.3 is 4.98 Å². The van der Waals surface area contributed by atoms with Crippen LogP contribution in [-0.2, 0) is 0 Å². The first-order valence-corrected chi connectivity index (χ1v) is 5.18. The molecule has 2 heterocycles. The number of imidazole rings is 1. The number of nitrogens with zero attached hydrogens (tertiary/aromatic N) is 2. The zero-order valence-corrected chi connectivity index (χ0v) is 8.20. The summed E-state index contributed by atoms with van der Waals surface area (Å²) < 4.78 is 0. The first kappa shape index (κ1) is 7.97. The van der Waals surface area contributed by atoms with Crippen molar-refractivity contribution in [1.82, 2.24) is 15.0 Å². The second kappa shape index (κ2) is 2.80. The van der Waals surface area contributed by atoms with Crippen molar-refractivity contribution in [3.05, 3.63) is 24.3 Å². The lowest BCUT2D eigenvalue weighted by atomic mass is 10.2. The average Bonchev–Trinajstić information content (AvgIpc) is 2.89. The largest absolute Gasteiger partial charge is 0.340 e. The van der Waals surface area contributed by atoms with E-state index in [1.807, 2.05) is 12.3 Å². The van der Waals surface area contributed by atoms with Crippen molar-refractivity contribution in [3.8, 4) is 0 Å². The van der Waals surface area contributed by atoms with Gasteiger partial charge in [-0.2, -0.15) is 0 Å². The fraction of sp³-hybridized carbons (Fsp3) is 0.455. The van der Waals surface area contributed by atoms with Gasteiger partial charge in [0.05, 0.1) is 17.2 Å². The molecule has 1 aliphatic rings. The standard InChI is InChI=1S/C11H13N3/c1-2-7-5-8(7)11-13-9-3-4-12-6-10(9)14-11/h3-4,6-8H,2,5H2,1H3,(H,13,14)/t7-,8-/m1/s1. The van der Waals surface area contributed by atoms with Gasteiger partial charge in [-0.3, -0.25) is 4.98 Å². The first-order chi connectivity index (χ1) is 6.88. The Balaban J connectivity index is 1.99. The number of H-pyrrole nitrogens is 1. The maximum atomic E-state index is 4.58. The van der Waals surface area contributed by atoms with Gasteiger partial charge >= 0.3 is 0 Å². The molecule has 1 aliphatic carbocycles. The van der Waals surface area contributed by atoms with Crippen LogP contribution in [0, 0.1) is 5.92 Å². The molecule has 0 radical (unpaired) electrons. The molecule has 0 unspecified atom stereocenters. The van der Waals surface area contributed by atoms with Gasteiger partial charge in [0.15, 0.2) is 0 Å². The molecule has 2 aromatic heterocycles. The van der Waals surface area contributed by atoms with Gasteiger partial charge in [-0.05, 0) is 18.4 Å². The van der Waals surface area contributed by atoms with Crippen molar-refractivity contribution in [2.45, 2.75) is 25.7 Å². The Labute approximate surface area is 82.6 Å². The number of aromatic amines is 1. The van der Waals surface area contributed by atoms with Crippen molar-refractivity contribution in [3.63, 3.8) is 0 Å². The molecule has 3 heteroatoms. The topological polar surface area (TPSA) is 41.6 Å². The number of hydrogen-bond donors (Lipinski definition) is 1. The Morgan fingerprint density at radius 1 is 1.57 bits per heavy atom. The minimum Gasteiger partial charge on any atom is -0.340 e. The Morgan fingerprint density at radius 3 is 3.21 bits per heavy atom. The van der Waals surface area contributed by atoms with Crippen molar-refractivity contribution in [2.75, 3.05) is 0 Å². The molecular weight excluding hydrogens is 174 g/mol. The van der Waals surface area contributed by atoms with E-state index in [1.165, 1.54) is 12.8 Å². The number of rotatable bonds is 2. The third-order valence-corrected chi connectivity index (χ3v) is 3.10. The molecule has 0 spiro atoms. The van der Waals surface area contributed by atoms with E-state index in [0.717, 1.165) is 22.8 Å². The smallest absolute Gasteiger partial charge is 0.110 e. The average molecular weight is 187 g/mol. The zero-order valence-electron chi connectivity index (χ0n) is 8.20. The molecule has 0 amide bonds. The van der Waals surface area contributed by atoms with E-state index in [1.54, 1.807) is 6.20 Å². The quantitative estimate of drug-likeness (QED) is 0.784. The van der Waals surface area contributed by atoms with E-state index < -0.39 is 0 Å². The molecule has 72 valence electrons.